The van der Waals surface area contributed by atoms with Crippen LogP contribution in [0.1, 0.15) is 24.0 Å². The summed E-state index contributed by atoms with van der Waals surface area (Å²) in [7, 11) is 0. The number of amidine groups is 1. The van der Waals surface area contributed by atoms with Crippen LogP contribution in [0, 0.1) is 5.92 Å². The molecule has 2 aromatic rings. The van der Waals surface area contributed by atoms with E-state index in [1.807, 2.05) is 41.3 Å². The fourth-order valence-corrected chi connectivity index (χ4v) is 3.24. The van der Waals surface area contributed by atoms with Gasteiger partial charge in [-0.2, -0.15) is 0 Å². The molecule has 0 aliphatic carbocycles. The van der Waals surface area contributed by atoms with Crippen molar-refractivity contribution in [2.24, 2.45) is 16.8 Å². The van der Waals surface area contributed by atoms with Crippen LogP contribution in [0.2, 0.25) is 0 Å². The fraction of sp³-hybridized carbons (Fsp3) is 0.333. The topological polar surface area (TPSA) is 67.9 Å². The molecule has 1 amide bonds. The smallest absolute Gasteiger partial charge is 0.263 e. The Balaban J connectivity index is 1.41. The Morgan fingerprint density at radius 3 is 2.31 bits per heavy atom. The van der Waals surface area contributed by atoms with E-state index in [1.165, 1.54) is 5.56 Å². The van der Waals surface area contributed by atoms with Crippen LogP contribution in [0.15, 0.2) is 65.8 Å². The van der Waals surface area contributed by atoms with Gasteiger partial charge in [0.2, 0.25) is 0 Å². The fourth-order valence-electron chi connectivity index (χ4n) is 3.24. The predicted octanol–water partition coefficient (Wildman–Crippen LogP) is 2.80. The van der Waals surface area contributed by atoms with Gasteiger partial charge < -0.3 is 15.5 Å². The van der Waals surface area contributed by atoms with Crippen LogP contribution in [0.5, 0.6) is 0 Å². The number of carbonyl (C=O) groups is 1. The van der Waals surface area contributed by atoms with E-state index in [4.69, 9.17) is 10.6 Å². The summed E-state index contributed by atoms with van der Waals surface area (Å²) >= 11 is 0. The summed E-state index contributed by atoms with van der Waals surface area (Å²) < 4.78 is 0. The number of nitrogens with two attached hydrogens (primary N) is 1. The number of amides is 1. The molecule has 0 atom stereocenters. The number of carbonyl (C=O) groups excluding carboxylic acids is 1. The summed E-state index contributed by atoms with van der Waals surface area (Å²) in [5.41, 5.74) is 8.00. The Kier molecular flexibility index (Phi) is 6.25. The molecule has 1 saturated heterocycles. The van der Waals surface area contributed by atoms with Crippen LogP contribution < -0.4 is 5.73 Å². The second-order valence-corrected chi connectivity index (χ2v) is 6.63. The zero-order chi connectivity index (χ0) is 18.2. The Bertz CT molecular complexity index is 723. The third kappa shape index (κ3) is 5.09. The van der Waals surface area contributed by atoms with Gasteiger partial charge in [-0.05, 0) is 30.7 Å². The lowest BCUT2D eigenvalue weighted by molar-refractivity contribution is -0.137. The van der Waals surface area contributed by atoms with Crippen molar-refractivity contribution in [1.82, 2.24) is 4.90 Å². The van der Waals surface area contributed by atoms with Crippen molar-refractivity contribution in [1.29, 1.82) is 0 Å². The Morgan fingerprint density at radius 2 is 1.65 bits per heavy atom. The van der Waals surface area contributed by atoms with Crippen molar-refractivity contribution in [3.05, 3.63) is 71.8 Å². The number of hydrogen-bond donors (Lipinski definition) is 1. The molecule has 0 radical (unpaired) electrons. The van der Waals surface area contributed by atoms with Crippen molar-refractivity contribution in [3.63, 3.8) is 0 Å². The van der Waals surface area contributed by atoms with Crippen molar-refractivity contribution < 1.29 is 9.63 Å². The SMILES string of the molecule is NC(=NOCC(=O)N1CCC(Cc2ccccc2)CC1)c1ccccc1. The summed E-state index contributed by atoms with van der Waals surface area (Å²) in [4.78, 5) is 19.3. The molecule has 1 aliphatic heterocycles. The zero-order valence-electron chi connectivity index (χ0n) is 14.9. The number of rotatable bonds is 6. The second-order valence-electron chi connectivity index (χ2n) is 6.63. The van der Waals surface area contributed by atoms with Gasteiger partial charge in [-0.3, -0.25) is 4.79 Å². The first-order chi connectivity index (χ1) is 12.7. The lowest BCUT2D eigenvalue weighted by Crippen LogP contribution is -2.40. The highest BCUT2D eigenvalue weighted by Crippen LogP contribution is 2.21. The van der Waals surface area contributed by atoms with Crippen LogP contribution >= 0.6 is 0 Å². The average Bonchev–Trinajstić information content (AvgIpc) is 2.70. The first kappa shape index (κ1) is 18.0. The van der Waals surface area contributed by atoms with Gasteiger partial charge in [-0.15, -0.1) is 0 Å². The second kappa shape index (κ2) is 9.04. The zero-order valence-corrected chi connectivity index (χ0v) is 14.9. The number of nitrogens with zero attached hydrogens (tertiary/aromatic N) is 2. The van der Waals surface area contributed by atoms with Gasteiger partial charge in [-0.25, -0.2) is 0 Å². The summed E-state index contributed by atoms with van der Waals surface area (Å²) in [6.45, 7) is 1.48. The highest BCUT2D eigenvalue weighted by Gasteiger charge is 2.23. The van der Waals surface area contributed by atoms with Gasteiger partial charge in [0.1, 0.15) is 0 Å². The minimum absolute atomic E-state index is 0.0345. The molecule has 0 spiro atoms. The highest BCUT2D eigenvalue weighted by atomic mass is 16.6. The maximum atomic E-state index is 12.3. The number of oxime groups is 1. The van der Waals surface area contributed by atoms with Crippen molar-refractivity contribution >= 4 is 11.7 Å². The molecule has 136 valence electrons. The standard InChI is InChI=1S/C21H25N3O2/c22-21(19-9-5-2-6-10-19)23-26-16-20(25)24-13-11-18(12-14-24)15-17-7-3-1-4-8-17/h1-10,18H,11-16H2,(H2,22,23). The average molecular weight is 351 g/mol. The van der Waals surface area contributed by atoms with Crippen molar-refractivity contribution in [3.8, 4) is 0 Å². The van der Waals surface area contributed by atoms with Gasteiger partial charge in [0.15, 0.2) is 12.4 Å². The minimum atomic E-state index is -0.0725. The van der Waals surface area contributed by atoms with Gasteiger partial charge in [0.05, 0.1) is 0 Å². The third-order valence-electron chi connectivity index (χ3n) is 4.75. The normalized spacial score (nSPS) is 15.7. The molecule has 1 heterocycles. The van der Waals surface area contributed by atoms with E-state index in [-0.39, 0.29) is 18.3 Å². The quantitative estimate of drug-likeness (QED) is 0.494. The van der Waals surface area contributed by atoms with Gasteiger partial charge >= 0.3 is 0 Å². The molecule has 0 bridgehead atoms. The van der Waals surface area contributed by atoms with E-state index >= 15 is 0 Å². The molecular weight excluding hydrogens is 326 g/mol. The van der Waals surface area contributed by atoms with Gasteiger partial charge in [0, 0.05) is 18.7 Å². The van der Waals surface area contributed by atoms with E-state index in [1.54, 1.807) is 0 Å². The summed E-state index contributed by atoms with van der Waals surface area (Å²) in [6.07, 6.45) is 3.13. The van der Waals surface area contributed by atoms with E-state index in [0.29, 0.717) is 5.92 Å². The molecule has 0 unspecified atom stereocenters. The van der Waals surface area contributed by atoms with Crippen LogP contribution in [0.25, 0.3) is 0 Å². The lowest BCUT2D eigenvalue weighted by Gasteiger charge is -2.31. The maximum Gasteiger partial charge on any atom is 0.263 e. The molecule has 1 fully saturated rings. The Hall–Kier alpha value is -2.82. The Labute approximate surface area is 154 Å². The van der Waals surface area contributed by atoms with Gasteiger partial charge in [-0.1, -0.05) is 65.8 Å². The first-order valence-electron chi connectivity index (χ1n) is 9.05. The molecule has 3 rings (SSSR count). The van der Waals surface area contributed by atoms with Crippen LogP contribution in [-0.2, 0) is 16.1 Å². The van der Waals surface area contributed by atoms with Crippen LogP contribution in [0.4, 0.5) is 0 Å². The monoisotopic (exact) mass is 351 g/mol. The third-order valence-corrected chi connectivity index (χ3v) is 4.75. The highest BCUT2D eigenvalue weighted by molar-refractivity contribution is 5.97. The summed E-state index contributed by atoms with van der Waals surface area (Å²) in [5, 5.41) is 3.85. The van der Waals surface area contributed by atoms with Crippen molar-refractivity contribution in [2.75, 3.05) is 19.7 Å². The molecule has 1 aliphatic rings. The van der Waals surface area contributed by atoms with E-state index in [2.05, 4.69) is 29.4 Å². The van der Waals surface area contributed by atoms with E-state index in [9.17, 15) is 4.79 Å². The molecule has 2 N–H and O–H groups in total. The molecule has 2 aromatic carbocycles. The number of piperidine rings is 1. The molecule has 0 saturated carbocycles. The largest absolute Gasteiger partial charge is 0.384 e. The van der Waals surface area contributed by atoms with E-state index in [0.717, 1.165) is 37.9 Å². The molecule has 5 heteroatoms. The lowest BCUT2D eigenvalue weighted by atomic mass is 9.90. The minimum Gasteiger partial charge on any atom is -0.384 e. The first-order valence-corrected chi connectivity index (χ1v) is 9.05. The van der Waals surface area contributed by atoms with Gasteiger partial charge in [0.25, 0.3) is 5.91 Å². The predicted molar refractivity (Wildman–Crippen MR) is 103 cm³/mol. The number of benzene rings is 2. The molecule has 0 aromatic heterocycles. The molecule has 26 heavy (non-hydrogen) atoms. The van der Waals surface area contributed by atoms with Crippen molar-refractivity contribution in [2.45, 2.75) is 19.3 Å². The summed E-state index contributed by atoms with van der Waals surface area (Å²) in [6, 6.07) is 19.9. The Morgan fingerprint density at radius 1 is 1.04 bits per heavy atom. The number of hydrogen-bond acceptors (Lipinski definition) is 3. The van der Waals surface area contributed by atoms with Crippen LogP contribution in [-0.4, -0.2) is 36.3 Å². The van der Waals surface area contributed by atoms with Crippen LogP contribution in [0.3, 0.4) is 0 Å². The number of likely N-dealkylation sites (tertiary alicyclic amines) is 1. The summed E-state index contributed by atoms with van der Waals surface area (Å²) in [5.74, 6) is 0.877. The maximum absolute atomic E-state index is 12.3. The molecular formula is C21H25N3O2. The van der Waals surface area contributed by atoms with E-state index < -0.39 is 0 Å². The molecule has 5 nitrogen and oxygen atoms in total.